The Morgan fingerprint density at radius 3 is 2.03 bits per heavy atom. The third kappa shape index (κ3) is 1.93. The van der Waals surface area contributed by atoms with Crippen LogP contribution in [0.3, 0.4) is 0 Å². The minimum Gasteiger partial charge on any atom is -0.495 e. The molecule has 30 heavy (non-hydrogen) atoms. The van der Waals surface area contributed by atoms with E-state index in [1.54, 1.807) is 18.2 Å². The van der Waals surface area contributed by atoms with Crippen LogP contribution in [0.25, 0.3) is 0 Å². The lowest BCUT2D eigenvalue weighted by atomic mass is 9.54. The number of alkyl halides is 1. The topological polar surface area (TPSA) is 46.6 Å². The maximum atomic E-state index is 13.8. The van der Waals surface area contributed by atoms with Gasteiger partial charge in [0.25, 0.3) is 0 Å². The standard InChI is InChI=1S/C25H18ClNO3/c1-30-19-13-7-6-12-18(19)27-23(28)21-20-14-8-2-4-10-16(14)25(26,22(21)24(27)29)17-11-5-3-9-15(17)20/h2-13,20-22H,1H3/t20?,21-,22+,25?/m1/s1. The van der Waals surface area contributed by atoms with Crippen molar-refractivity contribution in [3.05, 3.63) is 95.1 Å². The van der Waals surface area contributed by atoms with Crippen LogP contribution in [0.1, 0.15) is 28.2 Å². The second kappa shape index (κ2) is 5.96. The van der Waals surface area contributed by atoms with Gasteiger partial charge >= 0.3 is 0 Å². The molecule has 0 N–H and O–H groups in total. The molecule has 5 heteroatoms. The Balaban J connectivity index is 1.62. The molecule has 1 fully saturated rings. The average molecular weight is 416 g/mol. The van der Waals surface area contributed by atoms with Crippen molar-refractivity contribution in [1.82, 2.24) is 0 Å². The molecule has 0 aromatic heterocycles. The van der Waals surface area contributed by atoms with Gasteiger partial charge in [0.15, 0.2) is 0 Å². The fourth-order valence-corrected chi connectivity index (χ4v) is 6.30. The fourth-order valence-electron chi connectivity index (χ4n) is 5.73. The van der Waals surface area contributed by atoms with Gasteiger partial charge in [-0.25, -0.2) is 4.90 Å². The number of benzene rings is 3. The highest BCUT2D eigenvalue weighted by molar-refractivity contribution is 6.33. The van der Waals surface area contributed by atoms with Crippen molar-refractivity contribution in [3.8, 4) is 5.75 Å². The van der Waals surface area contributed by atoms with Gasteiger partial charge in [-0.15, -0.1) is 11.6 Å². The SMILES string of the molecule is COc1ccccc1N1C(=O)[C@@H]2C3c4ccccc4C(Cl)(c4ccccc43)[C@@H]2C1=O. The van der Waals surface area contributed by atoms with Crippen LogP contribution < -0.4 is 9.64 Å². The highest BCUT2D eigenvalue weighted by Crippen LogP contribution is 2.66. The molecule has 0 saturated carbocycles. The maximum absolute atomic E-state index is 13.8. The predicted molar refractivity (Wildman–Crippen MR) is 114 cm³/mol. The van der Waals surface area contributed by atoms with Gasteiger partial charge in [0, 0.05) is 5.92 Å². The minimum atomic E-state index is -1.07. The molecule has 7 rings (SSSR count). The van der Waals surface area contributed by atoms with E-state index < -0.39 is 16.7 Å². The van der Waals surface area contributed by atoms with Gasteiger partial charge in [-0.3, -0.25) is 9.59 Å². The molecule has 1 heterocycles. The van der Waals surface area contributed by atoms with Crippen LogP contribution in [0.2, 0.25) is 0 Å². The number of methoxy groups -OCH3 is 1. The molecule has 2 atom stereocenters. The Labute approximate surface area is 179 Å². The van der Waals surface area contributed by atoms with E-state index in [1.165, 1.54) is 12.0 Å². The lowest BCUT2D eigenvalue weighted by Crippen LogP contribution is -2.50. The number of amides is 2. The van der Waals surface area contributed by atoms with E-state index in [2.05, 4.69) is 0 Å². The van der Waals surface area contributed by atoms with Crippen LogP contribution in [0.15, 0.2) is 72.8 Å². The van der Waals surface area contributed by atoms with Crippen LogP contribution in [0.4, 0.5) is 5.69 Å². The summed E-state index contributed by atoms with van der Waals surface area (Å²) in [5, 5.41) is 0. The van der Waals surface area contributed by atoms with E-state index in [0.717, 1.165) is 22.3 Å². The number of ether oxygens (including phenoxy) is 1. The molecule has 148 valence electrons. The highest BCUT2D eigenvalue weighted by atomic mass is 35.5. The first-order chi connectivity index (χ1) is 14.6. The van der Waals surface area contributed by atoms with E-state index in [-0.39, 0.29) is 17.7 Å². The molecule has 0 spiro atoms. The highest BCUT2D eigenvalue weighted by Gasteiger charge is 2.68. The fraction of sp³-hybridized carbons (Fsp3) is 0.200. The van der Waals surface area contributed by atoms with Crippen molar-refractivity contribution in [2.45, 2.75) is 10.8 Å². The predicted octanol–water partition coefficient (Wildman–Crippen LogP) is 4.44. The number of rotatable bonds is 2. The molecular formula is C25H18ClNO3. The van der Waals surface area contributed by atoms with Crippen LogP contribution >= 0.6 is 11.6 Å². The zero-order valence-electron chi connectivity index (χ0n) is 16.2. The van der Waals surface area contributed by atoms with Crippen molar-refractivity contribution >= 4 is 29.1 Å². The minimum absolute atomic E-state index is 0.195. The second-order valence-corrected chi connectivity index (χ2v) is 8.65. The molecule has 4 aliphatic rings. The lowest BCUT2D eigenvalue weighted by Gasteiger charge is -2.50. The third-order valence-electron chi connectivity index (χ3n) is 6.84. The van der Waals surface area contributed by atoms with Gasteiger partial charge in [0.05, 0.1) is 24.6 Å². The summed E-state index contributed by atoms with van der Waals surface area (Å²) < 4.78 is 5.45. The molecule has 2 bridgehead atoms. The maximum Gasteiger partial charge on any atom is 0.240 e. The van der Waals surface area contributed by atoms with Gasteiger partial charge in [-0.1, -0.05) is 60.7 Å². The summed E-state index contributed by atoms with van der Waals surface area (Å²) in [4.78, 5) is 27.8. The molecule has 1 saturated heterocycles. The first kappa shape index (κ1) is 17.7. The number of nitrogens with zero attached hydrogens (tertiary/aromatic N) is 1. The largest absolute Gasteiger partial charge is 0.495 e. The van der Waals surface area contributed by atoms with Gasteiger partial charge in [-0.2, -0.15) is 0 Å². The summed E-state index contributed by atoms with van der Waals surface area (Å²) in [6.45, 7) is 0. The summed E-state index contributed by atoms with van der Waals surface area (Å²) in [6, 6.07) is 23.0. The first-order valence-electron chi connectivity index (χ1n) is 9.97. The molecular weight excluding hydrogens is 398 g/mol. The first-order valence-corrected chi connectivity index (χ1v) is 10.4. The quantitative estimate of drug-likeness (QED) is 0.459. The molecule has 1 aliphatic heterocycles. The van der Waals surface area contributed by atoms with Crippen LogP contribution in [-0.4, -0.2) is 18.9 Å². The number of carbonyl (C=O) groups excluding carboxylic acids is 2. The smallest absolute Gasteiger partial charge is 0.240 e. The van der Waals surface area contributed by atoms with Crippen molar-refractivity contribution in [2.75, 3.05) is 12.0 Å². The number of imide groups is 1. The van der Waals surface area contributed by atoms with E-state index in [1.807, 2.05) is 54.6 Å². The molecule has 3 aliphatic carbocycles. The Morgan fingerprint density at radius 2 is 1.40 bits per heavy atom. The van der Waals surface area contributed by atoms with E-state index in [0.29, 0.717) is 11.4 Å². The third-order valence-corrected chi connectivity index (χ3v) is 7.48. The van der Waals surface area contributed by atoms with E-state index in [4.69, 9.17) is 16.3 Å². The molecule has 4 nitrogen and oxygen atoms in total. The van der Waals surface area contributed by atoms with E-state index in [9.17, 15) is 9.59 Å². The van der Waals surface area contributed by atoms with Crippen LogP contribution in [-0.2, 0) is 14.5 Å². The molecule has 2 amide bonds. The summed E-state index contributed by atoms with van der Waals surface area (Å²) in [5.74, 6) is -1.38. The van der Waals surface area contributed by atoms with E-state index >= 15 is 0 Å². The van der Waals surface area contributed by atoms with Crippen molar-refractivity contribution in [1.29, 1.82) is 0 Å². The average Bonchev–Trinajstić information content (AvgIpc) is 3.05. The van der Waals surface area contributed by atoms with Crippen LogP contribution in [0, 0.1) is 11.8 Å². The second-order valence-electron chi connectivity index (χ2n) is 8.05. The molecule has 3 aromatic rings. The van der Waals surface area contributed by atoms with Gasteiger partial charge in [-0.05, 0) is 34.4 Å². The molecule has 0 unspecified atom stereocenters. The number of hydrogen-bond donors (Lipinski definition) is 0. The Hall–Kier alpha value is -3.11. The normalized spacial score (nSPS) is 28.2. The summed E-state index contributed by atoms with van der Waals surface area (Å²) in [6.07, 6.45) is 0. The monoisotopic (exact) mass is 415 g/mol. The molecule has 3 aromatic carbocycles. The number of halogens is 1. The van der Waals surface area contributed by atoms with Crippen molar-refractivity contribution in [3.63, 3.8) is 0 Å². The van der Waals surface area contributed by atoms with Gasteiger partial charge in [0.2, 0.25) is 11.8 Å². The van der Waals surface area contributed by atoms with Gasteiger partial charge < -0.3 is 4.74 Å². The Morgan fingerprint density at radius 1 is 0.833 bits per heavy atom. The van der Waals surface area contributed by atoms with Crippen molar-refractivity contribution in [2.24, 2.45) is 11.8 Å². The summed E-state index contributed by atoms with van der Waals surface area (Å²) >= 11 is 7.42. The van der Waals surface area contributed by atoms with Crippen molar-refractivity contribution < 1.29 is 14.3 Å². The number of anilines is 1. The number of hydrogen-bond acceptors (Lipinski definition) is 3. The molecule has 0 radical (unpaired) electrons. The number of carbonyl (C=O) groups is 2. The Kier molecular flexibility index (Phi) is 3.52. The Bertz CT molecular complexity index is 1190. The number of para-hydroxylation sites is 2. The zero-order chi connectivity index (χ0) is 20.6. The zero-order valence-corrected chi connectivity index (χ0v) is 17.0. The summed E-state index contributed by atoms with van der Waals surface area (Å²) in [5.41, 5.74) is 4.41. The lowest BCUT2D eigenvalue weighted by molar-refractivity contribution is -0.122. The van der Waals surface area contributed by atoms with Crippen LogP contribution in [0.5, 0.6) is 5.75 Å². The summed E-state index contributed by atoms with van der Waals surface area (Å²) in [7, 11) is 1.54. The van der Waals surface area contributed by atoms with Gasteiger partial charge in [0.1, 0.15) is 10.6 Å².